The summed E-state index contributed by atoms with van der Waals surface area (Å²) in [6.07, 6.45) is 12.9. The molecule has 3 aromatic heterocycles. The summed E-state index contributed by atoms with van der Waals surface area (Å²) < 4.78 is 42.5. The molecule has 0 bridgehead atoms. The predicted octanol–water partition coefficient (Wildman–Crippen LogP) is 7.60. The van der Waals surface area contributed by atoms with E-state index >= 15 is 0 Å². The summed E-state index contributed by atoms with van der Waals surface area (Å²) in [6.45, 7) is 3.78. The van der Waals surface area contributed by atoms with Gasteiger partial charge in [0.15, 0.2) is 34.5 Å². The third-order valence-electron chi connectivity index (χ3n) is 10.3. The van der Waals surface area contributed by atoms with Gasteiger partial charge in [0.1, 0.15) is 54.5 Å². The van der Waals surface area contributed by atoms with Gasteiger partial charge in [0.2, 0.25) is 0 Å². The zero-order chi connectivity index (χ0) is 47.8. The van der Waals surface area contributed by atoms with Gasteiger partial charge < -0.3 is 57.4 Å². The molecule has 1 aliphatic carbocycles. The van der Waals surface area contributed by atoms with Crippen LogP contribution in [-0.2, 0) is 60.2 Å². The molecule has 0 atom stereocenters. The van der Waals surface area contributed by atoms with E-state index in [1.807, 2.05) is 53.4 Å². The molecule has 3 heterocycles. The molecular formula is C49H54N8O9. The van der Waals surface area contributed by atoms with Gasteiger partial charge in [-0.15, -0.1) is 0 Å². The Balaban J connectivity index is 0.000000469. The van der Waals surface area contributed by atoms with Crippen molar-refractivity contribution in [2.75, 3.05) is 21.3 Å². The molecule has 17 heteroatoms. The maximum absolute atomic E-state index is 8.67. The first-order valence-electron chi connectivity index (χ1n) is 20.5. The van der Waals surface area contributed by atoms with E-state index in [-0.39, 0.29) is 17.2 Å². The Morgan fingerprint density at radius 3 is 0.879 bits per heavy atom. The van der Waals surface area contributed by atoms with Gasteiger partial charge in [-0.25, -0.2) is 15.0 Å². The first-order valence-corrected chi connectivity index (χ1v) is 20.5. The van der Waals surface area contributed by atoms with Crippen LogP contribution in [0.25, 0.3) is 0 Å². The second-order valence-corrected chi connectivity index (χ2v) is 14.7. The first kappa shape index (κ1) is 48.7. The van der Waals surface area contributed by atoms with E-state index in [2.05, 4.69) is 51.4 Å². The maximum Gasteiger partial charge on any atom is 0.162 e. The molecule has 66 heavy (non-hydrogen) atoms. The van der Waals surface area contributed by atoms with Gasteiger partial charge in [0.05, 0.1) is 33.5 Å². The molecule has 0 aliphatic heterocycles. The van der Waals surface area contributed by atoms with Crippen molar-refractivity contribution < 1.29 is 43.7 Å². The number of aromatic hydroxyl groups is 3. The highest BCUT2D eigenvalue weighted by molar-refractivity contribution is 5.58. The molecule has 8 rings (SSSR count). The fraction of sp³-hybridized carbons (Fsp3) is 0.286. The summed E-state index contributed by atoms with van der Waals surface area (Å²) in [6, 6.07) is 19.4. The number of aryl methyl sites for hydroxylation is 3. The molecule has 0 saturated heterocycles. The van der Waals surface area contributed by atoms with Crippen LogP contribution in [0.1, 0.15) is 64.7 Å². The van der Waals surface area contributed by atoms with Gasteiger partial charge in [0, 0.05) is 90.4 Å². The minimum Gasteiger partial charge on any atom is -0.508 e. The first-order chi connectivity index (χ1) is 31.8. The number of ether oxygens (including phenoxy) is 6. The Labute approximate surface area is 383 Å². The van der Waals surface area contributed by atoms with Gasteiger partial charge in [0.25, 0.3) is 0 Å². The van der Waals surface area contributed by atoms with Crippen molar-refractivity contribution in [3.8, 4) is 63.9 Å². The molecule has 0 spiro atoms. The number of aromatic nitrogens is 6. The summed E-state index contributed by atoms with van der Waals surface area (Å²) >= 11 is 0. The number of methoxy groups -OCH3 is 3. The van der Waals surface area contributed by atoms with E-state index in [4.69, 9.17) is 54.3 Å². The third-order valence-corrected chi connectivity index (χ3v) is 10.3. The molecule has 3 N–H and O–H groups in total. The highest BCUT2D eigenvalue weighted by atomic mass is 16.5. The number of hydrogen-bond donors (Lipinski definition) is 3. The molecule has 17 nitrogen and oxygen atoms in total. The molecule has 344 valence electrons. The van der Waals surface area contributed by atoms with Gasteiger partial charge in [-0.1, -0.05) is 0 Å². The lowest BCUT2D eigenvalue weighted by Crippen LogP contribution is -2.07. The van der Waals surface area contributed by atoms with Crippen LogP contribution in [0.4, 0.5) is 0 Å². The third kappa shape index (κ3) is 12.7. The summed E-state index contributed by atoms with van der Waals surface area (Å²) in [5.41, 5.74) is 6.65. The predicted molar refractivity (Wildman–Crippen MR) is 244 cm³/mol. The molecule has 7 aromatic rings. The second-order valence-electron chi connectivity index (χ2n) is 14.7. The minimum absolute atomic E-state index is 0.146. The quantitative estimate of drug-likeness (QED) is 0.108. The largest absolute Gasteiger partial charge is 0.508 e. The van der Waals surface area contributed by atoms with Gasteiger partial charge in [-0.2, -0.15) is 10.5 Å². The van der Waals surface area contributed by atoms with Crippen molar-refractivity contribution in [1.82, 2.24) is 28.7 Å². The van der Waals surface area contributed by atoms with Gasteiger partial charge in [-0.3, -0.25) is 0 Å². The molecule has 0 fully saturated rings. The number of rotatable bonds is 12. The molecule has 4 aromatic carbocycles. The van der Waals surface area contributed by atoms with Gasteiger partial charge in [-0.05, 0) is 89.0 Å². The van der Waals surface area contributed by atoms with E-state index in [0.717, 1.165) is 69.1 Å². The van der Waals surface area contributed by atoms with Crippen LogP contribution in [0.2, 0.25) is 0 Å². The lowest BCUT2D eigenvalue weighted by Gasteiger charge is -2.18. The zero-order valence-electron chi connectivity index (χ0n) is 38.3. The lowest BCUT2D eigenvalue weighted by molar-refractivity contribution is 0.272. The molecule has 1 aliphatic rings. The van der Waals surface area contributed by atoms with Crippen molar-refractivity contribution in [3.05, 3.63) is 143 Å². The van der Waals surface area contributed by atoms with Crippen LogP contribution in [0.5, 0.6) is 51.7 Å². The number of benzene rings is 4. The standard InChI is InChI=1S/C39H42N6O6.C6H6O3.2C2H3N/c1-43-10-7-40-37(43)22-49-34-19-28-13-26-17-32(47-5)36(51-24-39-42-9-12-45(39)3)21-30(26)15-27-18-33(48-6)35(50-23-38-41-8-11-44(38)2)20-29(27)14-25(28)16-31(34)46-4;7-4-1-5(8)3-6(9)2-4;2*1-2-3/h7-12,16-21H,13-15,22-24H2,1-6H3;1-3,7-9H;2*1H3. The van der Waals surface area contributed by atoms with Crippen LogP contribution in [0.3, 0.4) is 0 Å². The fourth-order valence-electron chi connectivity index (χ4n) is 6.97. The second kappa shape index (κ2) is 23.4. The van der Waals surface area contributed by atoms with Crippen LogP contribution in [-0.4, -0.2) is 65.3 Å². The molecule has 0 amide bonds. The average molecular weight is 899 g/mol. The summed E-state index contributed by atoms with van der Waals surface area (Å²) in [5.74, 6) is 5.91. The number of nitrogens with zero attached hydrogens (tertiary/aromatic N) is 8. The van der Waals surface area contributed by atoms with E-state index in [1.54, 1.807) is 52.1 Å². The summed E-state index contributed by atoms with van der Waals surface area (Å²) in [5, 5.41) is 40.7. The number of phenolic OH excluding ortho intramolecular Hbond substituents is 3. The fourth-order valence-corrected chi connectivity index (χ4v) is 6.97. The Morgan fingerprint density at radius 1 is 0.455 bits per heavy atom. The van der Waals surface area contributed by atoms with E-state index in [0.29, 0.717) is 73.6 Å². The minimum atomic E-state index is -0.146. The number of phenols is 3. The van der Waals surface area contributed by atoms with Crippen molar-refractivity contribution in [1.29, 1.82) is 10.5 Å². The maximum atomic E-state index is 8.67. The summed E-state index contributed by atoms with van der Waals surface area (Å²) in [7, 11) is 10.9. The van der Waals surface area contributed by atoms with Crippen molar-refractivity contribution in [2.45, 2.75) is 52.9 Å². The Bertz CT molecular complexity index is 2490. The Morgan fingerprint density at radius 2 is 0.682 bits per heavy atom. The van der Waals surface area contributed by atoms with Crippen molar-refractivity contribution >= 4 is 0 Å². The zero-order valence-corrected chi connectivity index (χ0v) is 38.3. The molecule has 0 saturated carbocycles. The van der Waals surface area contributed by atoms with E-state index in [1.165, 1.54) is 13.8 Å². The van der Waals surface area contributed by atoms with Crippen LogP contribution in [0, 0.1) is 22.7 Å². The summed E-state index contributed by atoms with van der Waals surface area (Å²) in [4.78, 5) is 13.3. The molecule has 0 unspecified atom stereocenters. The van der Waals surface area contributed by atoms with Crippen molar-refractivity contribution in [2.24, 2.45) is 21.1 Å². The average Bonchev–Trinajstić information content (AvgIpc) is 4.03. The number of nitriles is 2. The van der Waals surface area contributed by atoms with Crippen LogP contribution in [0.15, 0.2) is 91.8 Å². The highest BCUT2D eigenvalue weighted by Crippen LogP contribution is 2.41. The van der Waals surface area contributed by atoms with E-state index < -0.39 is 0 Å². The monoisotopic (exact) mass is 898 g/mol. The number of fused-ring (bicyclic) bond motifs is 3. The lowest BCUT2D eigenvalue weighted by atomic mass is 9.94. The smallest absolute Gasteiger partial charge is 0.162 e. The topological polar surface area (TPSA) is 217 Å². The highest BCUT2D eigenvalue weighted by Gasteiger charge is 2.23. The number of imidazole rings is 3. The number of hydrogen-bond acceptors (Lipinski definition) is 14. The van der Waals surface area contributed by atoms with Gasteiger partial charge >= 0.3 is 0 Å². The van der Waals surface area contributed by atoms with Crippen LogP contribution < -0.4 is 28.4 Å². The van der Waals surface area contributed by atoms with Crippen LogP contribution >= 0.6 is 0 Å². The SMILES string of the molecule is CC#N.CC#N.COc1cc2c(cc1OCc1nccn1C)Cc1cc(OC)c(OCc3nccn3C)cc1Cc1cc(OC)c(OCc3nccn3C)cc1C2.Oc1cc(O)cc(O)c1. The van der Waals surface area contributed by atoms with Crippen molar-refractivity contribution in [3.63, 3.8) is 0 Å². The molecular weight excluding hydrogens is 845 g/mol. The Kier molecular flexibility index (Phi) is 17.3. The normalized spacial score (nSPS) is 10.9. The van der Waals surface area contributed by atoms with E-state index in [9.17, 15) is 0 Å². The molecule has 0 radical (unpaired) electrons. The Hall–Kier alpha value is -8.31.